The van der Waals surface area contributed by atoms with Gasteiger partial charge in [-0.2, -0.15) is 0 Å². The molecule has 4 amide bonds. The van der Waals surface area contributed by atoms with Gasteiger partial charge in [0.15, 0.2) is 0 Å². The van der Waals surface area contributed by atoms with Gasteiger partial charge in [0.25, 0.3) is 5.91 Å². The van der Waals surface area contributed by atoms with Crippen LogP contribution in [0.4, 0.5) is 5.69 Å². The van der Waals surface area contributed by atoms with Crippen molar-refractivity contribution in [3.8, 4) is 0 Å². The van der Waals surface area contributed by atoms with Gasteiger partial charge in [-0.05, 0) is 36.3 Å². The minimum absolute atomic E-state index is 0.0928. The molecule has 2 aliphatic heterocycles. The zero-order valence-corrected chi connectivity index (χ0v) is 21.4. The number of likely N-dealkylation sites (tertiary alicyclic amines) is 1. The second-order valence-electron chi connectivity index (χ2n) is 10.9. The highest BCUT2D eigenvalue weighted by Crippen LogP contribution is 2.47. The van der Waals surface area contributed by atoms with Crippen molar-refractivity contribution >= 4 is 29.3 Å². The minimum atomic E-state index is -0.975. The number of fused-ring (bicyclic) bond motifs is 2. The lowest BCUT2D eigenvalue weighted by Gasteiger charge is -2.34. The number of rotatable bonds is 8. The Balaban J connectivity index is 1.61. The number of hydrogen-bond acceptors (Lipinski definition) is 4. The minimum Gasteiger partial charge on any atom is -0.345 e. The SMILES string of the molecule is [C-]#[N+][C@@H]1C[C@@]2(CN1C(=O)[C@H](CC(C)C)N(C)C(=O)[C@H](CC1CC1)NC(C)=O)C(=O)Nc1ccccc12. The molecule has 0 radical (unpaired) electrons. The highest BCUT2D eigenvalue weighted by Gasteiger charge is 2.59. The Morgan fingerprint density at radius 3 is 2.58 bits per heavy atom. The number of para-hydroxylation sites is 1. The van der Waals surface area contributed by atoms with Crippen molar-refractivity contribution in [1.82, 2.24) is 15.1 Å². The van der Waals surface area contributed by atoms with Gasteiger partial charge in [0, 0.05) is 26.2 Å². The van der Waals surface area contributed by atoms with Crippen molar-refractivity contribution in [3.63, 3.8) is 0 Å². The number of benzene rings is 1. The third kappa shape index (κ3) is 4.81. The van der Waals surface area contributed by atoms with Crippen LogP contribution >= 0.6 is 0 Å². The fourth-order valence-corrected chi connectivity index (χ4v) is 5.57. The first-order valence-corrected chi connectivity index (χ1v) is 12.7. The molecule has 2 fully saturated rings. The summed E-state index contributed by atoms with van der Waals surface area (Å²) in [5, 5.41) is 5.68. The van der Waals surface area contributed by atoms with Crippen LogP contribution < -0.4 is 10.6 Å². The Labute approximate surface area is 212 Å². The zero-order valence-electron chi connectivity index (χ0n) is 21.4. The smallest absolute Gasteiger partial charge is 0.302 e. The predicted molar refractivity (Wildman–Crippen MR) is 134 cm³/mol. The number of hydrogen-bond donors (Lipinski definition) is 2. The topological polar surface area (TPSA) is 103 Å². The van der Waals surface area contributed by atoms with Gasteiger partial charge < -0.3 is 15.5 Å². The van der Waals surface area contributed by atoms with Crippen LogP contribution in [0, 0.1) is 18.4 Å². The van der Waals surface area contributed by atoms with Crippen molar-refractivity contribution in [2.45, 2.75) is 76.5 Å². The highest BCUT2D eigenvalue weighted by molar-refractivity contribution is 6.07. The standard InChI is InChI=1S/C27H35N5O4/c1-16(2)12-22(31(5)24(34)21(29-17(3)33)13-18-10-11-18)25(35)32-15-27(14-23(32)28-4)19-8-6-7-9-20(19)30-26(27)36/h6-9,16,18,21-23H,10-15H2,1-3,5H3,(H,29,33)(H,30,36)/t21-,22-,23-,27-/m0/s1. The number of anilines is 1. The molecule has 192 valence electrons. The molecule has 1 aliphatic carbocycles. The summed E-state index contributed by atoms with van der Waals surface area (Å²) >= 11 is 0. The molecular weight excluding hydrogens is 458 g/mol. The van der Waals surface area contributed by atoms with Crippen LogP contribution in [0.15, 0.2) is 24.3 Å². The summed E-state index contributed by atoms with van der Waals surface area (Å²) in [5.74, 6) is -0.599. The van der Waals surface area contributed by atoms with Crippen LogP contribution in [0.5, 0.6) is 0 Å². The molecule has 3 aliphatic rings. The van der Waals surface area contributed by atoms with Crippen molar-refractivity contribution in [3.05, 3.63) is 41.2 Å². The van der Waals surface area contributed by atoms with Crippen LogP contribution in [0.2, 0.25) is 0 Å². The number of carbonyl (C=O) groups excluding carboxylic acids is 4. The normalized spacial score (nSPS) is 24.2. The van der Waals surface area contributed by atoms with Gasteiger partial charge in [-0.1, -0.05) is 44.9 Å². The molecule has 9 nitrogen and oxygen atoms in total. The molecule has 4 rings (SSSR count). The third-order valence-corrected chi connectivity index (χ3v) is 7.63. The maximum atomic E-state index is 14.0. The first-order chi connectivity index (χ1) is 17.1. The number of carbonyl (C=O) groups is 4. The Hall–Kier alpha value is -3.41. The Morgan fingerprint density at radius 2 is 1.97 bits per heavy atom. The fraction of sp³-hybridized carbons (Fsp3) is 0.593. The second-order valence-corrected chi connectivity index (χ2v) is 10.9. The Morgan fingerprint density at radius 1 is 1.28 bits per heavy atom. The first kappa shape index (κ1) is 25.7. The molecule has 0 aromatic heterocycles. The Kier molecular flexibility index (Phi) is 7.07. The van der Waals surface area contributed by atoms with E-state index in [2.05, 4.69) is 15.5 Å². The lowest BCUT2D eigenvalue weighted by atomic mass is 9.80. The molecule has 0 bridgehead atoms. The van der Waals surface area contributed by atoms with E-state index in [-0.39, 0.29) is 42.5 Å². The highest BCUT2D eigenvalue weighted by atomic mass is 16.2. The lowest BCUT2D eigenvalue weighted by Crippen LogP contribution is -2.56. The van der Waals surface area contributed by atoms with Crippen LogP contribution in [0.3, 0.4) is 0 Å². The number of amides is 4. The van der Waals surface area contributed by atoms with E-state index >= 15 is 0 Å². The maximum absolute atomic E-state index is 14.0. The average molecular weight is 494 g/mol. The monoisotopic (exact) mass is 493 g/mol. The van der Waals surface area contributed by atoms with E-state index in [4.69, 9.17) is 6.57 Å². The molecule has 0 unspecified atom stereocenters. The van der Waals surface area contributed by atoms with E-state index < -0.39 is 23.7 Å². The molecule has 1 saturated heterocycles. The summed E-state index contributed by atoms with van der Waals surface area (Å²) in [7, 11) is 1.60. The molecule has 2 heterocycles. The van der Waals surface area contributed by atoms with E-state index in [1.807, 2.05) is 38.1 Å². The van der Waals surface area contributed by atoms with Crippen LogP contribution in [-0.4, -0.2) is 65.3 Å². The van der Waals surface area contributed by atoms with Crippen molar-refractivity contribution in [2.24, 2.45) is 11.8 Å². The zero-order chi connectivity index (χ0) is 26.2. The first-order valence-electron chi connectivity index (χ1n) is 12.7. The summed E-state index contributed by atoms with van der Waals surface area (Å²) < 4.78 is 0. The van der Waals surface area contributed by atoms with Gasteiger partial charge >= 0.3 is 6.17 Å². The fourth-order valence-electron chi connectivity index (χ4n) is 5.57. The van der Waals surface area contributed by atoms with E-state index in [1.165, 1.54) is 16.7 Å². The van der Waals surface area contributed by atoms with E-state index in [1.54, 1.807) is 7.05 Å². The Bertz CT molecular complexity index is 1110. The van der Waals surface area contributed by atoms with Crippen LogP contribution in [0.1, 0.15) is 58.4 Å². The molecule has 4 atom stereocenters. The van der Waals surface area contributed by atoms with Crippen LogP contribution in [0.25, 0.3) is 4.85 Å². The van der Waals surface area contributed by atoms with Crippen molar-refractivity contribution in [2.75, 3.05) is 18.9 Å². The summed E-state index contributed by atoms with van der Waals surface area (Å²) in [4.78, 5) is 59.1. The maximum Gasteiger partial charge on any atom is 0.302 e. The third-order valence-electron chi connectivity index (χ3n) is 7.63. The van der Waals surface area contributed by atoms with Crippen LogP contribution in [-0.2, 0) is 24.6 Å². The summed E-state index contributed by atoms with van der Waals surface area (Å²) in [6.45, 7) is 13.2. The molecule has 1 saturated carbocycles. The summed E-state index contributed by atoms with van der Waals surface area (Å²) in [6, 6.07) is 5.92. The molecule has 2 N–H and O–H groups in total. The van der Waals surface area contributed by atoms with E-state index in [0.717, 1.165) is 18.4 Å². The van der Waals surface area contributed by atoms with Gasteiger partial charge in [0.05, 0.1) is 6.42 Å². The van der Waals surface area contributed by atoms with E-state index in [0.29, 0.717) is 24.4 Å². The van der Waals surface area contributed by atoms with Crippen molar-refractivity contribution in [1.29, 1.82) is 0 Å². The van der Waals surface area contributed by atoms with Gasteiger partial charge in [0.1, 0.15) is 17.5 Å². The average Bonchev–Trinajstić information content (AvgIpc) is 3.50. The summed E-state index contributed by atoms with van der Waals surface area (Å²) in [6.07, 6.45) is 2.45. The number of likely N-dealkylation sites (N-methyl/N-ethyl adjacent to an activating group) is 1. The van der Waals surface area contributed by atoms with Gasteiger partial charge in [-0.3, -0.25) is 28.9 Å². The number of nitrogens with one attached hydrogen (secondary N) is 2. The number of nitrogens with zero attached hydrogens (tertiary/aromatic N) is 3. The summed E-state index contributed by atoms with van der Waals surface area (Å²) in [5.41, 5.74) is 0.542. The molecule has 9 heteroatoms. The predicted octanol–water partition coefficient (Wildman–Crippen LogP) is 2.53. The molecular formula is C27H35N5O4. The van der Waals surface area contributed by atoms with E-state index in [9.17, 15) is 19.2 Å². The molecule has 1 aromatic rings. The lowest BCUT2D eigenvalue weighted by molar-refractivity contribution is -0.147. The quantitative estimate of drug-likeness (QED) is 0.543. The second kappa shape index (κ2) is 9.92. The molecule has 36 heavy (non-hydrogen) atoms. The van der Waals surface area contributed by atoms with Crippen molar-refractivity contribution < 1.29 is 19.2 Å². The molecule has 1 aromatic carbocycles. The van der Waals surface area contributed by atoms with Gasteiger partial charge in [0.2, 0.25) is 17.7 Å². The van der Waals surface area contributed by atoms with Gasteiger partial charge in [-0.25, -0.2) is 6.57 Å². The largest absolute Gasteiger partial charge is 0.345 e. The molecule has 1 spiro atoms. The van der Waals surface area contributed by atoms with Gasteiger partial charge in [-0.15, -0.1) is 0 Å².